The molecule has 0 aliphatic rings. The van der Waals surface area contributed by atoms with Gasteiger partial charge in [0, 0.05) is 0 Å². The first kappa shape index (κ1) is 20.9. The Morgan fingerprint density at radius 1 is 0.806 bits per heavy atom. The fraction of sp³-hybridized carbons (Fsp3) is 0.0800. The van der Waals surface area contributed by atoms with E-state index in [1.807, 2.05) is 24.3 Å². The standard InChI is InChI=1S/C18H13O3.C7H7O.Co.O/c19-12-13-5-9-17(10-6-13)21-18(20)16-8-7-14-3-1-2-4-15(14)11-16;1-8-7-5-3-2-4-6-7;;/h2-11,19H,12H2;3-6H,1H3;;. The molecule has 0 atom stereocenters. The van der Waals surface area contributed by atoms with Gasteiger partial charge >= 0.3 is 172 Å². The molecule has 0 bridgehead atoms. The molecular weight excluding hydrogens is 439 g/mol. The van der Waals surface area contributed by atoms with Crippen LogP contribution in [0.3, 0.4) is 0 Å². The number of rotatable bonds is 6. The van der Waals surface area contributed by atoms with Crippen molar-refractivity contribution < 1.29 is 36.8 Å². The molecule has 0 aromatic heterocycles. The summed E-state index contributed by atoms with van der Waals surface area (Å²) in [6.07, 6.45) is 0. The van der Waals surface area contributed by atoms with Crippen molar-refractivity contribution in [2.75, 3.05) is 7.11 Å². The Kier molecular flexibility index (Phi) is 6.22. The van der Waals surface area contributed by atoms with Crippen LogP contribution in [-0.4, -0.2) is 18.2 Å². The molecule has 6 heteroatoms. The topological polar surface area (TPSA) is 72.8 Å². The van der Waals surface area contributed by atoms with Gasteiger partial charge in [-0.25, -0.2) is 0 Å². The predicted octanol–water partition coefficient (Wildman–Crippen LogP) is 3.47. The molecular formula is C25H20CoO5. The zero-order valence-electron chi connectivity index (χ0n) is 16.7. The van der Waals surface area contributed by atoms with Gasteiger partial charge < -0.3 is 5.11 Å². The Labute approximate surface area is 183 Å². The molecule has 0 spiro atoms. The average Bonchev–Trinajstić information content (AvgIpc) is 2.83. The van der Waals surface area contributed by atoms with Gasteiger partial charge in [-0.2, -0.15) is 0 Å². The number of aliphatic hydroxyl groups is 1. The summed E-state index contributed by atoms with van der Waals surface area (Å²) in [7, 11) is 1.59. The number of benzene rings is 4. The number of hydrogen-bond acceptors (Lipinski definition) is 5. The van der Waals surface area contributed by atoms with Crippen LogP contribution in [0.15, 0.2) is 84.9 Å². The molecule has 4 aromatic rings. The minimum absolute atomic E-state index is 0.0646. The number of hydrogen-bond donors (Lipinski definition) is 1. The van der Waals surface area contributed by atoms with E-state index in [1.54, 1.807) is 67.8 Å². The second-order valence-corrected chi connectivity index (χ2v) is 8.61. The van der Waals surface area contributed by atoms with Crippen LogP contribution in [0, 0.1) is 0 Å². The van der Waals surface area contributed by atoms with Crippen molar-refractivity contribution in [3.8, 4) is 11.5 Å². The summed E-state index contributed by atoms with van der Waals surface area (Å²) in [6.45, 7) is -0.0646. The molecule has 0 saturated heterocycles. The van der Waals surface area contributed by atoms with Crippen molar-refractivity contribution >= 4 is 25.7 Å². The Hall–Kier alpha value is -3.32. The number of fused-ring (bicyclic) bond motifs is 1. The summed E-state index contributed by atoms with van der Waals surface area (Å²) in [6, 6.07) is 24.7. The molecule has 5 nitrogen and oxygen atoms in total. The van der Waals surface area contributed by atoms with Crippen LogP contribution in [0.25, 0.3) is 10.8 Å². The molecule has 0 heterocycles. The number of ether oxygens (including phenoxy) is 2. The monoisotopic (exact) mass is 459 g/mol. The van der Waals surface area contributed by atoms with E-state index in [0.29, 0.717) is 21.6 Å². The molecule has 0 amide bonds. The van der Waals surface area contributed by atoms with Crippen LogP contribution in [0.2, 0.25) is 0 Å². The summed E-state index contributed by atoms with van der Waals surface area (Å²) in [5.41, 5.74) is 1.17. The minimum atomic E-state index is -1.71. The maximum absolute atomic E-state index is 12.9. The van der Waals surface area contributed by atoms with E-state index in [0.717, 1.165) is 20.8 Å². The van der Waals surface area contributed by atoms with Crippen molar-refractivity contribution in [2.45, 2.75) is 6.61 Å². The Morgan fingerprint density at radius 2 is 1.42 bits per heavy atom. The van der Waals surface area contributed by atoms with Crippen LogP contribution in [-0.2, 0) is 24.1 Å². The maximum atomic E-state index is 12.9. The molecule has 0 saturated carbocycles. The molecule has 0 radical (unpaired) electrons. The first-order chi connectivity index (χ1) is 15.1. The number of carbonyl (C=O) groups is 1. The van der Waals surface area contributed by atoms with E-state index in [1.165, 1.54) is 0 Å². The van der Waals surface area contributed by atoms with Gasteiger partial charge in [-0.05, 0) is 0 Å². The molecule has 0 aliphatic heterocycles. The first-order valence-corrected chi connectivity index (χ1v) is 10.9. The molecule has 1 N–H and O–H groups in total. The number of carbonyl (C=O) groups excluding carboxylic acids is 1. The fourth-order valence-electron chi connectivity index (χ4n) is 3.03. The van der Waals surface area contributed by atoms with Gasteiger partial charge in [0.2, 0.25) is 0 Å². The van der Waals surface area contributed by atoms with Crippen molar-refractivity contribution in [1.82, 2.24) is 0 Å². The number of esters is 1. The third-order valence-electron chi connectivity index (χ3n) is 4.72. The molecule has 0 unspecified atom stereocenters. The third-order valence-corrected chi connectivity index (χ3v) is 6.49. The predicted molar refractivity (Wildman–Crippen MR) is 114 cm³/mol. The van der Waals surface area contributed by atoms with E-state index in [-0.39, 0.29) is 6.61 Å². The first-order valence-electron chi connectivity index (χ1n) is 9.48. The van der Waals surface area contributed by atoms with Crippen molar-refractivity contribution in [3.63, 3.8) is 0 Å². The second kappa shape index (κ2) is 9.22. The molecule has 4 rings (SSSR count). The van der Waals surface area contributed by atoms with Gasteiger partial charge in [0.1, 0.15) is 0 Å². The van der Waals surface area contributed by atoms with E-state index in [4.69, 9.17) is 14.6 Å². The normalized spacial score (nSPS) is 11.2. The second-order valence-electron chi connectivity index (χ2n) is 6.72. The van der Waals surface area contributed by atoms with Gasteiger partial charge in [0.05, 0.1) is 6.61 Å². The summed E-state index contributed by atoms with van der Waals surface area (Å²) < 4.78 is 24.9. The molecule has 31 heavy (non-hydrogen) atoms. The van der Waals surface area contributed by atoms with Crippen molar-refractivity contribution in [1.29, 1.82) is 0 Å². The van der Waals surface area contributed by atoms with Gasteiger partial charge in [0.15, 0.2) is 0 Å². The van der Waals surface area contributed by atoms with E-state index >= 15 is 0 Å². The third kappa shape index (κ3) is 4.72. The van der Waals surface area contributed by atoms with Gasteiger partial charge in [-0.3, -0.25) is 0 Å². The Bertz CT molecular complexity index is 1250. The Morgan fingerprint density at radius 3 is 2.10 bits per heavy atom. The molecule has 159 valence electrons. The van der Waals surface area contributed by atoms with Crippen LogP contribution in [0.5, 0.6) is 11.5 Å². The van der Waals surface area contributed by atoms with Crippen molar-refractivity contribution in [2.24, 2.45) is 0 Å². The van der Waals surface area contributed by atoms with Gasteiger partial charge in [-0.15, -0.1) is 0 Å². The van der Waals surface area contributed by atoms with Crippen molar-refractivity contribution in [3.05, 3.63) is 96.1 Å². The van der Waals surface area contributed by atoms with E-state index in [2.05, 4.69) is 0 Å². The van der Waals surface area contributed by atoms with E-state index < -0.39 is 19.6 Å². The van der Waals surface area contributed by atoms with Crippen LogP contribution >= 0.6 is 0 Å². The summed E-state index contributed by atoms with van der Waals surface area (Å²) >= 11 is -1.71. The number of methoxy groups -OCH3 is 1. The molecule has 0 fully saturated rings. The summed E-state index contributed by atoms with van der Waals surface area (Å²) in [4.78, 5) is 12.5. The molecule has 4 aromatic carbocycles. The quantitative estimate of drug-likeness (QED) is 0.353. The zero-order valence-corrected chi connectivity index (χ0v) is 17.7. The van der Waals surface area contributed by atoms with E-state index in [9.17, 15) is 8.66 Å². The van der Waals surface area contributed by atoms with Crippen LogP contribution < -0.4 is 18.5 Å². The SMILES string of the molecule is COc1cc[c]([Co](=[O])[c]2ccc3cc(C(=O)Oc4ccc(CO)cc4)ccc3c2)cc1. The van der Waals surface area contributed by atoms with Gasteiger partial charge in [0.25, 0.3) is 0 Å². The number of aliphatic hydroxyl groups excluding tert-OH is 1. The summed E-state index contributed by atoms with van der Waals surface area (Å²) in [5, 5.41) is 10.8. The fourth-order valence-corrected chi connectivity index (χ4v) is 4.41. The van der Waals surface area contributed by atoms with Crippen LogP contribution in [0.4, 0.5) is 0 Å². The van der Waals surface area contributed by atoms with Crippen LogP contribution in [0.1, 0.15) is 15.9 Å². The Balaban J connectivity index is 1.54. The van der Waals surface area contributed by atoms with Gasteiger partial charge in [-0.1, -0.05) is 0 Å². The summed E-state index contributed by atoms with van der Waals surface area (Å²) in [5.74, 6) is 0.662. The zero-order chi connectivity index (χ0) is 21.8. The average molecular weight is 459 g/mol. The molecule has 0 aliphatic carbocycles.